The van der Waals surface area contributed by atoms with E-state index in [9.17, 15) is 13.5 Å². The van der Waals surface area contributed by atoms with Crippen LogP contribution in [0, 0.1) is 0 Å². The van der Waals surface area contributed by atoms with Crippen LogP contribution in [-0.2, 0) is 10.0 Å². The Morgan fingerprint density at radius 3 is 2.03 bits per heavy atom. The van der Waals surface area contributed by atoms with Gasteiger partial charge in [-0.3, -0.25) is 10.1 Å². The summed E-state index contributed by atoms with van der Waals surface area (Å²) in [5.74, 6) is 0.433. The molecule has 10 heteroatoms. The zero-order valence-corrected chi connectivity index (χ0v) is 18.2. The van der Waals surface area contributed by atoms with Gasteiger partial charge in [0.15, 0.2) is 11.5 Å². The lowest BCUT2D eigenvalue weighted by atomic mass is 10.2. The predicted molar refractivity (Wildman–Crippen MR) is 121 cm³/mol. The zero-order chi connectivity index (χ0) is 22.4. The first-order chi connectivity index (χ1) is 14.8. The number of nitrogens with one attached hydrogen (secondary N) is 2. The van der Waals surface area contributed by atoms with Crippen LogP contribution in [0.3, 0.4) is 0 Å². The van der Waals surface area contributed by atoms with Gasteiger partial charge >= 0.3 is 0 Å². The van der Waals surface area contributed by atoms with Crippen molar-refractivity contribution in [2.24, 2.45) is 5.10 Å². The lowest BCUT2D eigenvalue weighted by Crippen LogP contribution is -2.12. The molecule has 0 aliphatic heterocycles. The molecule has 3 aromatic rings. The molecule has 0 radical (unpaired) electrons. The van der Waals surface area contributed by atoms with Gasteiger partial charge < -0.3 is 14.6 Å². The highest BCUT2D eigenvalue weighted by molar-refractivity contribution is 7.92. The number of phenols is 1. The summed E-state index contributed by atoms with van der Waals surface area (Å²) in [6.07, 6.45) is 1.53. The number of sulfonamides is 1. The maximum absolute atomic E-state index is 12.4. The summed E-state index contributed by atoms with van der Waals surface area (Å²) < 4.78 is 37.6. The van der Waals surface area contributed by atoms with Gasteiger partial charge in [-0.2, -0.15) is 5.10 Å². The van der Waals surface area contributed by atoms with Gasteiger partial charge in [-0.05, 0) is 60.7 Å². The van der Waals surface area contributed by atoms with Crippen LogP contribution in [0.2, 0.25) is 5.02 Å². The molecule has 0 amide bonds. The fourth-order valence-electron chi connectivity index (χ4n) is 2.61. The van der Waals surface area contributed by atoms with E-state index in [0.29, 0.717) is 22.0 Å². The number of aromatic hydroxyl groups is 1. The van der Waals surface area contributed by atoms with Crippen LogP contribution in [0.4, 0.5) is 11.4 Å². The minimum Gasteiger partial charge on any atom is -0.502 e. The van der Waals surface area contributed by atoms with Gasteiger partial charge in [-0.25, -0.2) is 8.42 Å². The van der Waals surface area contributed by atoms with Gasteiger partial charge in [0.1, 0.15) is 0 Å². The second kappa shape index (κ2) is 9.59. The Balaban J connectivity index is 1.66. The molecule has 3 aromatic carbocycles. The van der Waals surface area contributed by atoms with E-state index in [-0.39, 0.29) is 22.1 Å². The number of ether oxygens (including phenoxy) is 2. The minimum atomic E-state index is -3.72. The smallest absolute Gasteiger partial charge is 0.261 e. The van der Waals surface area contributed by atoms with Gasteiger partial charge in [0.05, 0.1) is 31.0 Å². The van der Waals surface area contributed by atoms with Gasteiger partial charge in [-0.1, -0.05) is 11.6 Å². The number of hydrogen-bond donors (Lipinski definition) is 3. The van der Waals surface area contributed by atoms with Crippen molar-refractivity contribution in [2.75, 3.05) is 24.4 Å². The maximum atomic E-state index is 12.4. The SMILES string of the molecule is COc1cc(/C=N/Nc2ccc(NS(=O)(=O)c3ccc(Cl)cc3)cc2)cc(OC)c1O. The molecule has 0 aliphatic rings. The number of nitrogens with zero attached hydrogens (tertiary/aromatic N) is 1. The maximum Gasteiger partial charge on any atom is 0.261 e. The highest BCUT2D eigenvalue weighted by Crippen LogP contribution is 2.36. The van der Waals surface area contributed by atoms with E-state index in [2.05, 4.69) is 15.2 Å². The van der Waals surface area contributed by atoms with Crippen molar-refractivity contribution in [2.45, 2.75) is 4.90 Å². The molecule has 3 rings (SSSR count). The lowest BCUT2D eigenvalue weighted by molar-refractivity contribution is 0.340. The summed E-state index contributed by atoms with van der Waals surface area (Å²) in [4.78, 5) is 0.114. The molecule has 31 heavy (non-hydrogen) atoms. The highest BCUT2D eigenvalue weighted by atomic mass is 35.5. The van der Waals surface area contributed by atoms with E-state index in [0.717, 1.165) is 0 Å². The molecule has 0 aromatic heterocycles. The Bertz CT molecular complexity index is 1160. The Labute approximate surface area is 185 Å². The van der Waals surface area contributed by atoms with Crippen molar-refractivity contribution >= 4 is 39.2 Å². The Morgan fingerprint density at radius 2 is 1.48 bits per heavy atom. The van der Waals surface area contributed by atoms with E-state index >= 15 is 0 Å². The number of methoxy groups -OCH3 is 2. The first-order valence-corrected chi connectivity index (χ1v) is 10.8. The highest BCUT2D eigenvalue weighted by Gasteiger charge is 2.14. The van der Waals surface area contributed by atoms with E-state index in [1.54, 1.807) is 36.4 Å². The predicted octanol–water partition coefficient (Wildman–Crippen LogP) is 4.31. The Morgan fingerprint density at radius 1 is 0.935 bits per heavy atom. The van der Waals surface area contributed by atoms with Crippen LogP contribution in [0.1, 0.15) is 5.56 Å². The second-order valence-electron chi connectivity index (χ2n) is 6.28. The van der Waals surface area contributed by atoms with E-state index < -0.39 is 10.0 Å². The molecule has 0 saturated carbocycles. The van der Waals surface area contributed by atoms with Crippen LogP contribution in [0.5, 0.6) is 17.2 Å². The normalized spacial score (nSPS) is 11.3. The van der Waals surface area contributed by atoms with E-state index in [1.165, 1.54) is 44.7 Å². The van der Waals surface area contributed by atoms with Crippen molar-refractivity contribution in [1.82, 2.24) is 0 Å². The molecule has 0 fully saturated rings. The van der Waals surface area contributed by atoms with Crippen molar-refractivity contribution in [3.8, 4) is 17.2 Å². The van der Waals surface area contributed by atoms with E-state index in [4.69, 9.17) is 21.1 Å². The number of phenolic OH excluding ortho intramolecular Hbond substituents is 1. The number of hydrazone groups is 1. The van der Waals surface area contributed by atoms with Crippen molar-refractivity contribution < 1.29 is 23.0 Å². The summed E-state index contributed by atoms with van der Waals surface area (Å²) in [5.41, 5.74) is 4.53. The molecular formula is C21H20ClN3O5S. The number of rotatable bonds is 8. The summed E-state index contributed by atoms with van der Waals surface area (Å²) in [6.45, 7) is 0. The van der Waals surface area contributed by atoms with Crippen LogP contribution < -0.4 is 19.6 Å². The van der Waals surface area contributed by atoms with Crippen molar-refractivity contribution in [1.29, 1.82) is 0 Å². The molecule has 0 unspecified atom stereocenters. The second-order valence-corrected chi connectivity index (χ2v) is 8.40. The van der Waals surface area contributed by atoms with E-state index in [1.807, 2.05) is 0 Å². The minimum absolute atomic E-state index is 0.0910. The molecule has 3 N–H and O–H groups in total. The average Bonchev–Trinajstić information content (AvgIpc) is 2.76. The number of halogens is 1. The average molecular weight is 462 g/mol. The molecule has 0 atom stereocenters. The fourth-order valence-corrected chi connectivity index (χ4v) is 3.79. The zero-order valence-electron chi connectivity index (χ0n) is 16.7. The summed E-state index contributed by atoms with van der Waals surface area (Å²) in [5, 5.41) is 14.5. The molecular weight excluding hydrogens is 442 g/mol. The topological polar surface area (TPSA) is 109 Å². The molecule has 0 spiro atoms. The first kappa shape index (κ1) is 22.3. The molecule has 0 aliphatic carbocycles. The number of benzene rings is 3. The van der Waals surface area contributed by atoms with Crippen LogP contribution in [0.15, 0.2) is 70.7 Å². The summed E-state index contributed by atoms with van der Waals surface area (Å²) >= 11 is 5.80. The molecule has 0 bridgehead atoms. The quantitative estimate of drug-likeness (QED) is 0.340. The first-order valence-electron chi connectivity index (χ1n) is 8.95. The Hall–Kier alpha value is -3.43. The lowest BCUT2D eigenvalue weighted by Gasteiger charge is -2.10. The third kappa shape index (κ3) is 5.59. The molecule has 162 valence electrons. The van der Waals surface area contributed by atoms with Gasteiger partial charge in [0.25, 0.3) is 10.0 Å². The standard InChI is InChI=1S/C21H20ClN3O5S/c1-29-19-11-14(12-20(30-2)21(19)26)13-23-24-16-5-7-17(8-6-16)25-31(27,28)18-9-3-15(22)4-10-18/h3-13,24-26H,1-2H3/b23-13+. The van der Waals surface area contributed by atoms with Crippen molar-refractivity contribution in [3.63, 3.8) is 0 Å². The number of hydrogen-bond acceptors (Lipinski definition) is 7. The van der Waals surface area contributed by atoms with Crippen molar-refractivity contribution in [3.05, 3.63) is 71.2 Å². The number of anilines is 2. The van der Waals surface area contributed by atoms with Gasteiger partial charge in [0, 0.05) is 16.3 Å². The molecule has 8 nitrogen and oxygen atoms in total. The van der Waals surface area contributed by atoms with Gasteiger partial charge in [0.2, 0.25) is 5.75 Å². The third-order valence-electron chi connectivity index (χ3n) is 4.17. The van der Waals surface area contributed by atoms with Crippen LogP contribution in [-0.4, -0.2) is 34.0 Å². The molecule has 0 heterocycles. The Kier molecular flexibility index (Phi) is 6.88. The fraction of sp³-hybridized carbons (Fsp3) is 0.0952. The van der Waals surface area contributed by atoms with Gasteiger partial charge in [-0.15, -0.1) is 0 Å². The van der Waals surface area contributed by atoms with Crippen LogP contribution >= 0.6 is 11.6 Å². The largest absolute Gasteiger partial charge is 0.502 e. The third-order valence-corrected chi connectivity index (χ3v) is 5.82. The summed E-state index contributed by atoms with van der Waals surface area (Å²) in [6, 6.07) is 15.7. The monoisotopic (exact) mass is 461 g/mol. The van der Waals surface area contributed by atoms with Crippen LogP contribution in [0.25, 0.3) is 0 Å². The molecule has 0 saturated heterocycles. The summed E-state index contributed by atoms with van der Waals surface area (Å²) in [7, 11) is -0.834.